The van der Waals surface area contributed by atoms with Gasteiger partial charge >= 0.3 is 0 Å². The van der Waals surface area contributed by atoms with Crippen LogP contribution in [0.1, 0.15) is 18.9 Å². The number of hydrogen-bond donors (Lipinski definition) is 2. The summed E-state index contributed by atoms with van der Waals surface area (Å²) in [6, 6.07) is 1.76. The zero-order valence-corrected chi connectivity index (χ0v) is 14.3. The molecule has 2 heterocycles. The Labute approximate surface area is 131 Å². The molecule has 0 spiro atoms. The van der Waals surface area contributed by atoms with Gasteiger partial charge in [0.05, 0.1) is 0 Å². The van der Waals surface area contributed by atoms with Crippen molar-refractivity contribution in [1.29, 1.82) is 0 Å². The molecule has 2 rings (SSSR count). The lowest BCUT2D eigenvalue weighted by Crippen LogP contribution is -2.52. The number of nitrogens with zero attached hydrogens (tertiary/aromatic N) is 2. The third kappa shape index (κ3) is 5.01. The molecule has 0 bridgehead atoms. The van der Waals surface area contributed by atoms with Crippen LogP contribution in [0, 0.1) is 0 Å². The maximum atomic E-state index is 12.3. The number of thiophene rings is 1. The van der Waals surface area contributed by atoms with Crippen LogP contribution < -0.4 is 10.1 Å². The van der Waals surface area contributed by atoms with Crippen LogP contribution in [-0.2, 0) is 16.6 Å². The molecular formula is C13H24N4O2S2. The minimum Gasteiger partial charge on any atom is -0.313 e. The summed E-state index contributed by atoms with van der Waals surface area (Å²) in [5, 5.41) is 6.96. The molecule has 1 saturated heterocycles. The average molecular weight is 332 g/mol. The minimum atomic E-state index is -3.44. The molecule has 2 N–H and O–H groups in total. The normalized spacial score (nSPS) is 18.2. The predicted octanol–water partition coefficient (Wildman–Crippen LogP) is 0.688. The monoisotopic (exact) mass is 332 g/mol. The summed E-state index contributed by atoms with van der Waals surface area (Å²) in [6.07, 6.45) is 1.07. The van der Waals surface area contributed by atoms with Gasteiger partial charge in [0.1, 0.15) is 4.21 Å². The number of nitrogens with one attached hydrogen (secondary N) is 2. The van der Waals surface area contributed by atoms with Gasteiger partial charge in [0.2, 0.25) is 0 Å². The van der Waals surface area contributed by atoms with Gasteiger partial charge in [-0.15, -0.1) is 16.2 Å². The lowest BCUT2D eigenvalue weighted by molar-refractivity contribution is 0.135. The van der Waals surface area contributed by atoms with Crippen molar-refractivity contribution in [3.05, 3.63) is 17.0 Å². The third-order valence-corrected chi connectivity index (χ3v) is 6.27. The highest BCUT2D eigenvalue weighted by Gasteiger charge is 2.22. The Kier molecular flexibility index (Phi) is 6.15. The van der Waals surface area contributed by atoms with E-state index in [9.17, 15) is 8.42 Å². The van der Waals surface area contributed by atoms with Gasteiger partial charge in [0.15, 0.2) is 0 Å². The largest absolute Gasteiger partial charge is 0.313 e. The van der Waals surface area contributed by atoms with Crippen molar-refractivity contribution < 1.29 is 8.42 Å². The topological polar surface area (TPSA) is 64.7 Å². The molecule has 0 aliphatic carbocycles. The van der Waals surface area contributed by atoms with Crippen LogP contribution in [0.15, 0.2) is 15.7 Å². The van der Waals surface area contributed by atoms with Crippen LogP contribution in [0.3, 0.4) is 0 Å². The Morgan fingerprint density at radius 3 is 2.67 bits per heavy atom. The molecule has 21 heavy (non-hydrogen) atoms. The van der Waals surface area contributed by atoms with Crippen LogP contribution in [0.5, 0.6) is 0 Å². The summed E-state index contributed by atoms with van der Waals surface area (Å²) in [5.74, 6) is 0. The van der Waals surface area contributed by atoms with Crippen LogP contribution in [0.2, 0.25) is 0 Å². The summed E-state index contributed by atoms with van der Waals surface area (Å²) >= 11 is 1.28. The van der Waals surface area contributed by atoms with Gasteiger partial charge in [0.25, 0.3) is 10.0 Å². The second-order valence-corrected chi connectivity index (χ2v) is 8.13. The second kappa shape index (κ2) is 7.66. The number of piperazine rings is 1. The first kappa shape index (κ1) is 16.9. The Morgan fingerprint density at radius 2 is 2.00 bits per heavy atom. The van der Waals surface area contributed by atoms with Crippen molar-refractivity contribution in [3.8, 4) is 0 Å². The van der Waals surface area contributed by atoms with E-state index in [1.165, 1.54) is 11.3 Å². The van der Waals surface area contributed by atoms with Crippen molar-refractivity contribution in [2.75, 3.05) is 39.8 Å². The van der Waals surface area contributed by atoms with E-state index >= 15 is 0 Å². The highest BCUT2D eigenvalue weighted by atomic mass is 32.2. The first-order valence-electron chi connectivity index (χ1n) is 7.25. The van der Waals surface area contributed by atoms with Gasteiger partial charge in [-0.2, -0.15) is 0 Å². The first-order valence-corrected chi connectivity index (χ1v) is 9.61. The Hall–Kier alpha value is -0.510. The summed E-state index contributed by atoms with van der Waals surface area (Å²) in [4.78, 5) is 4.87. The fourth-order valence-electron chi connectivity index (χ4n) is 2.11. The molecule has 1 aliphatic heterocycles. The zero-order valence-electron chi connectivity index (χ0n) is 12.6. The van der Waals surface area contributed by atoms with Crippen molar-refractivity contribution in [2.24, 2.45) is 0 Å². The third-order valence-electron chi connectivity index (χ3n) is 3.40. The zero-order chi connectivity index (χ0) is 15.3. The van der Waals surface area contributed by atoms with E-state index in [1.54, 1.807) is 11.1 Å². The Balaban J connectivity index is 1.93. The molecule has 0 amide bonds. The van der Waals surface area contributed by atoms with Crippen molar-refractivity contribution >= 4 is 21.4 Å². The molecule has 0 unspecified atom stereocenters. The van der Waals surface area contributed by atoms with Gasteiger partial charge in [-0.05, 0) is 37.0 Å². The standard InChI is InChI=1S/C13H24N4O2S2/c1-3-4-14-10-12-9-13(20-11-12)21(18,19)15-17-7-5-16(2)6-8-17/h9,11,14-15H,3-8,10H2,1-2H3. The number of sulfonamides is 1. The molecule has 0 atom stereocenters. The molecule has 120 valence electrons. The van der Waals surface area contributed by atoms with E-state index in [1.807, 2.05) is 12.4 Å². The van der Waals surface area contributed by atoms with Crippen molar-refractivity contribution in [2.45, 2.75) is 24.1 Å². The number of likely N-dealkylation sites (N-methyl/N-ethyl adjacent to an activating group) is 1. The van der Waals surface area contributed by atoms with Crippen LogP contribution in [0.25, 0.3) is 0 Å². The molecule has 0 aromatic carbocycles. The number of hydrogen-bond acceptors (Lipinski definition) is 6. The Morgan fingerprint density at radius 1 is 1.29 bits per heavy atom. The number of hydrazine groups is 1. The highest BCUT2D eigenvalue weighted by Crippen LogP contribution is 2.20. The summed E-state index contributed by atoms with van der Waals surface area (Å²) in [6.45, 7) is 6.94. The van der Waals surface area contributed by atoms with Crippen molar-refractivity contribution in [3.63, 3.8) is 0 Å². The van der Waals surface area contributed by atoms with Gasteiger partial charge < -0.3 is 10.2 Å². The predicted molar refractivity (Wildman–Crippen MR) is 85.7 cm³/mol. The molecule has 1 aliphatic rings. The molecule has 0 saturated carbocycles. The molecular weight excluding hydrogens is 308 g/mol. The van der Waals surface area contributed by atoms with Crippen LogP contribution >= 0.6 is 11.3 Å². The van der Waals surface area contributed by atoms with Crippen LogP contribution in [0.4, 0.5) is 0 Å². The lowest BCUT2D eigenvalue weighted by atomic mass is 10.3. The molecule has 1 fully saturated rings. The average Bonchev–Trinajstić information content (AvgIpc) is 2.91. The number of rotatable bonds is 7. The molecule has 1 aromatic heterocycles. The minimum absolute atomic E-state index is 0.384. The van der Waals surface area contributed by atoms with Gasteiger partial charge in [-0.1, -0.05) is 6.92 Å². The van der Waals surface area contributed by atoms with E-state index in [2.05, 4.69) is 22.0 Å². The Bertz CT molecular complexity index is 536. The SMILES string of the molecule is CCCNCc1csc(S(=O)(=O)NN2CCN(C)CC2)c1. The van der Waals surface area contributed by atoms with Gasteiger partial charge in [0, 0.05) is 32.7 Å². The highest BCUT2D eigenvalue weighted by molar-refractivity contribution is 7.91. The molecule has 8 heteroatoms. The summed E-state index contributed by atoms with van der Waals surface area (Å²) in [7, 11) is -1.40. The lowest BCUT2D eigenvalue weighted by Gasteiger charge is -2.31. The van der Waals surface area contributed by atoms with Gasteiger partial charge in [-0.25, -0.2) is 13.4 Å². The van der Waals surface area contributed by atoms with E-state index in [0.717, 1.165) is 31.6 Å². The van der Waals surface area contributed by atoms with Crippen LogP contribution in [-0.4, -0.2) is 58.1 Å². The van der Waals surface area contributed by atoms with Gasteiger partial charge in [-0.3, -0.25) is 0 Å². The molecule has 6 nitrogen and oxygen atoms in total. The fraction of sp³-hybridized carbons (Fsp3) is 0.692. The van der Waals surface area contributed by atoms with E-state index in [0.29, 0.717) is 23.8 Å². The maximum absolute atomic E-state index is 12.3. The van der Waals surface area contributed by atoms with Crippen molar-refractivity contribution in [1.82, 2.24) is 20.1 Å². The molecule has 1 aromatic rings. The van der Waals surface area contributed by atoms with E-state index in [4.69, 9.17) is 0 Å². The summed E-state index contributed by atoms with van der Waals surface area (Å²) < 4.78 is 25.1. The fourth-order valence-corrected chi connectivity index (χ4v) is 4.43. The maximum Gasteiger partial charge on any atom is 0.262 e. The molecule has 0 radical (unpaired) electrons. The van der Waals surface area contributed by atoms with E-state index in [-0.39, 0.29) is 0 Å². The summed E-state index contributed by atoms with van der Waals surface area (Å²) in [5.41, 5.74) is 1.02. The second-order valence-electron chi connectivity index (χ2n) is 5.34. The van der Waals surface area contributed by atoms with E-state index < -0.39 is 10.0 Å². The first-order chi connectivity index (χ1) is 10.0. The quantitative estimate of drug-likeness (QED) is 0.719. The smallest absolute Gasteiger partial charge is 0.262 e.